The third-order valence-corrected chi connectivity index (χ3v) is 4.49. The van der Waals surface area contributed by atoms with Crippen molar-refractivity contribution in [3.63, 3.8) is 0 Å². The first kappa shape index (κ1) is 14.6. The summed E-state index contributed by atoms with van der Waals surface area (Å²) in [5, 5.41) is 3.87. The molecule has 1 aromatic carbocycles. The van der Waals surface area contributed by atoms with Gasteiger partial charge in [-0.1, -0.05) is 55.9 Å². The topological polar surface area (TPSA) is 12.0 Å². The molecule has 1 aliphatic rings. The van der Waals surface area contributed by atoms with Gasteiger partial charge in [0.1, 0.15) is 0 Å². The van der Waals surface area contributed by atoms with E-state index in [9.17, 15) is 0 Å². The second-order valence-electron chi connectivity index (χ2n) is 6.29. The molecule has 1 N–H and O–H groups in total. The van der Waals surface area contributed by atoms with Gasteiger partial charge in [0, 0.05) is 12.1 Å². The number of hydrogen-bond donors (Lipinski definition) is 1. The normalized spacial score (nSPS) is 19.7. The maximum Gasteiger partial charge on any atom is 0.0297 e. The molecule has 1 nitrogen and oxygen atoms in total. The number of benzene rings is 1. The molecule has 0 heterocycles. The van der Waals surface area contributed by atoms with Gasteiger partial charge in [0.15, 0.2) is 0 Å². The van der Waals surface area contributed by atoms with Gasteiger partial charge in [0.05, 0.1) is 0 Å². The monoisotopic (exact) mass is 259 g/mol. The lowest BCUT2D eigenvalue weighted by Crippen LogP contribution is -2.32. The highest BCUT2D eigenvalue weighted by Crippen LogP contribution is 2.23. The zero-order valence-corrected chi connectivity index (χ0v) is 12.8. The second-order valence-corrected chi connectivity index (χ2v) is 6.29. The zero-order chi connectivity index (χ0) is 13.7. The van der Waals surface area contributed by atoms with Crippen LogP contribution in [0.4, 0.5) is 0 Å². The minimum Gasteiger partial charge on any atom is -0.307 e. The molecule has 0 bridgehead atoms. The quantitative estimate of drug-likeness (QED) is 0.799. The summed E-state index contributed by atoms with van der Waals surface area (Å²) < 4.78 is 0. The largest absolute Gasteiger partial charge is 0.307 e. The van der Waals surface area contributed by atoms with Crippen LogP contribution in [0.15, 0.2) is 18.2 Å². The molecule has 1 aliphatic carbocycles. The fourth-order valence-corrected chi connectivity index (χ4v) is 3.29. The Morgan fingerprint density at radius 3 is 2.32 bits per heavy atom. The smallest absolute Gasteiger partial charge is 0.0297 e. The Morgan fingerprint density at radius 2 is 1.63 bits per heavy atom. The minimum atomic E-state index is 0.476. The Bertz CT molecular complexity index is 389. The fourth-order valence-electron chi connectivity index (χ4n) is 3.29. The molecule has 0 aliphatic heterocycles. The van der Waals surface area contributed by atoms with Gasteiger partial charge in [-0.2, -0.15) is 0 Å². The van der Waals surface area contributed by atoms with Crippen molar-refractivity contribution in [2.75, 3.05) is 0 Å². The molecule has 0 spiro atoms. The number of hydrogen-bond acceptors (Lipinski definition) is 1. The van der Waals surface area contributed by atoms with Crippen molar-refractivity contribution < 1.29 is 0 Å². The van der Waals surface area contributed by atoms with Crippen molar-refractivity contribution in [1.82, 2.24) is 5.32 Å². The summed E-state index contributed by atoms with van der Waals surface area (Å²) in [5.74, 6) is 0. The van der Waals surface area contributed by atoms with E-state index in [1.165, 1.54) is 61.6 Å². The van der Waals surface area contributed by atoms with Crippen molar-refractivity contribution in [3.8, 4) is 0 Å². The Balaban J connectivity index is 1.98. The maximum atomic E-state index is 3.87. The minimum absolute atomic E-state index is 0.476. The molecular formula is C18H29N. The first-order valence-electron chi connectivity index (χ1n) is 8.00. The standard InChI is InChI=1S/C18H29N/c1-14-11-12-15(2)18(13-14)16(3)19-17-9-7-5-4-6-8-10-17/h11-13,16-17,19H,4-10H2,1-3H3. The lowest BCUT2D eigenvalue weighted by atomic mass is 9.94. The van der Waals surface area contributed by atoms with E-state index in [2.05, 4.69) is 44.3 Å². The van der Waals surface area contributed by atoms with Gasteiger partial charge in [-0.3, -0.25) is 0 Å². The Morgan fingerprint density at radius 1 is 1.00 bits per heavy atom. The van der Waals surface area contributed by atoms with Crippen LogP contribution in [0, 0.1) is 13.8 Å². The van der Waals surface area contributed by atoms with E-state index >= 15 is 0 Å². The highest BCUT2D eigenvalue weighted by atomic mass is 14.9. The fraction of sp³-hybridized carbons (Fsp3) is 0.667. The van der Waals surface area contributed by atoms with Gasteiger partial charge in [-0.05, 0) is 44.7 Å². The molecule has 19 heavy (non-hydrogen) atoms. The van der Waals surface area contributed by atoms with Crippen molar-refractivity contribution in [1.29, 1.82) is 0 Å². The van der Waals surface area contributed by atoms with Crippen molar-refractivity contribution in [3.05, 3.63) is 34.9 Å². The predicted molar refractivity (Wildman–Crippen MR) is 83.6 cm³/mol. The van der Waals surface area contributed by atoms with Gasteiger partial charge in [-0.25, -0.2) is 0 Å². The van der Waals surface area contributed by atoms with Crippen LogP contribution < -0.4 is 5.32 Å². The van der Waals surface area contributed by atoms with E-state index in [1.54, 1.807) is 0 Å². The molecule has 1 atom stereocenters. The predicted octanol–water partition coefficient (Wildman–Crippen LogP) is 5.07. The molecule has 1 heteroatoms. The summed E-state index contributed by atoms with van der Waals surface area (Å²) in [6, 6.07) is 8.00. The summed E-state index contributed by atoms with van der Waals surface area (Å²) in [7, 11) is 0. The second kappa shape index (κ2) is 7.09. The first-order valence-corrected chi connectivity index (χ1v) is 8.00. The van der Waals surface area contributed by atoms with Crippen LogP contribution in [-0.4, -0.2) is 6.04 Å². The zero-order valence-electron chi connectivity index (χ0n) is 12.8. The summed E-state index contributed by atoms with van der Waals surface area (Å²) >= 11 is 0. The summed E-state index contributed by atoms with van der Waals surface area (Å²) in [6.45, 7) is 6.73. The molecule has 2 rings (SSSR count). The Hall–Kier alpha value is -0.820. The van der Waals surface area contributed by atoms with Crippen LogP contribution in [0.5, 0.6) is 0 Å². The molecular weight excluding hydrogens is 230 g/mol. The maximum absolute atomic E-state index is 3.87. The van der Waals surface area contributed by atoms with Crippen molar-refractivity contribution >= 4 is 0 Å². The van der Waals surface area contributed by atoms with Crippen molar-refractivity contribution in [2.24, 2.45) is 0 Å². The van der Waals surface area contributed by atoms with Gasteiger partial charge in [0.25, 0.3) is 0 Å². The molecule has 1 unspecified atom stereocenters. The molecule has 1 fully saturated rings. The summed E-state index contributed by atoms with van der Waals surface area (Å²) in [5.41, 5.74) is 4.26. The number of nitrogens with one attached hydrogen (secondary N) is 1. The van der Waals surface area contributed by atoms with Gasteiger partial charge >= 0.3 is 0 Å². The third kappa shape index (κ3) is 4.35. The van der Waals surface area contributed by atoms with Gasteiger partial charge in [0.2, 0.25) is 0 Å². The first-order chi connectivity index (χ1) is 9.16. The lowest BCUT2D eigenvalue weighted by Gasteiger charge is -2.26. The van der Waals surface area contributed by atoms with Crippen LogP contribution in [0.1, 0.15) is 74.6 Å². The molecule has 0 aromatic heterocycles. The van der Waals surface area contributed by atoms with E-state index in [0.29, 0.717) is 6.04 Å². The Kier molecular flexibility index (Phi) is 5.45. The van der Waals surface area contributed by atoms with E-state index < -0.39 is 0 Å². The summed E-state index contributed by atoms with van der Waals surface area (Å²) in [4.78, 5) is 0. The van der Waals surface area contributed by atoms with Gasteiger partial charge in [-0.15, -0.1) is 0 Å². The number of rotatable bonds is 3. The Labute approximate surface area is 118 Å². The molecule has 0 saturated heterocycles. The van der Waals surface area contributed by atoms with Crippen LogP contribution in [-0.2, 0) is 0 Å². The van der Waals surface area contributed by atoms with Gasteiger partial charge < -0.3 is 5.32 Å². The van der Waals surface area contributed by atoms with Crippen LogP contribution in [0.2, 0.25) is 0 Å². The van der Waals surface area contributed by atoms with Crippen LogP contribution in [0.3, 0.4) is 0 Å². The highest BCUT2D eigenvalue weighted by molar-refractivity contribution is 5.32. The highest BCUT2D eigenvalue weighted by Gasteiger charge is 2.15. The SMILES string of the molecule is Cc1ccc(C)c(C(C)NC2CCCCCCC2)c1. The average molecular weight is 259 g/mol. The summed E-state index contributed by atoms with van der Waals surface area (Å²) in [6.07, 6.45) is 9.81. The van der Waals surface area contributed by atoms with E-state index in [1.807, 2.05) is 0 Å². The molecule has 0 amide bonds. The van der Waals surface area contributed by atoms with Crippen molar-refractivity contribution in [2.45, 2.75) is 77.8 Å². The molecule has 1 saturated carbocycles. The number of aryl methyl sites for hydroxylation is 2. The lowest BCUT2D eigenvalue weighted by molar-refractivity contribution is 0.362. The average Bonchev–Trinajstić information content (AvgIpc) is 2.35. The third-order valence-electron chi connectivity index (χ3n) is 4.49. The van der Waals surface area contributed by atoms with E-state index in [4.69, 9.17) is 0 Å². The molecule has 1 aromatic rings. The van der Waals surface area contributed by atoms with E-state index in [-0.39, 0.29) is 0 Å². The van der Waals surface area contributed by atoms with E-state index in [0.717, 1.165) is 6.04 Å². The van der Waals surface area contributed by atoms with Crippen LogP contribution >= 0.6 is 0 Å². The molecule has 0 radical (unpaired) electrons. The molecule has 106 valence electrons. The van der Waals surface area contributed by atoms with Crippen LogP contribution in [0.25, 0.3) is 0 Å².